The molecule has 0 bridgehead atoms. The number of likely N-dealkylation sites (tertiary alicyclic amines) is 1. The minimum atomic E-state index is -0.826. The quantitative estimate of drug-likeness (QED) is 0.833. The van der Waals surface area contributed by atoms with Crippen LogP contribution in [0.2, 0.25) is 0 Å². The van der Waals surface area contributed by atoms with Gasteiger partial charge in [-0.1, -0.05) is 6.42 Å². The zero-order valence-corrected chi connectivity index (χ0v) is 12.0. The van der Waals surface area contributed by atoms with Gasteiger partial charge in [0.05, 0.1) is 6.10 Å². The fourth-order valence-corrected chi connectivity index (χ4v) is 4.31. The average Bonchev–Trinajstić information content (AvgIpc) is 2.96. The molecule has 1 amide bonds. The standard InChI is InChI=1S/C15H23NO4/c1-9-7-10(5-6-20-9)14(17)16-8-11-3-2-4-12(11)13(16)15(18)19/h9-13H,2-8H2,1H3,(H,18,19)/t9-,10-,11+,12+,13-/m1/s1. The summed E-state index contributed by atoms with van der Waals surface area (Å²) in [6.07, 6.45) is 4.68. The van der Waals surface area contributed by atoms with E-state index in [-0.39, 0.29) is 23.8 Å². The van der Waals surface area contributed by atoms with Crippen molar-refractivity contribution < 1.29 is 19.4 Å². The third-order valence-electron chi connectivity index (χ3n) is 5.26. The Morgan fingerprint density at radius 3 is 2.75 bits per heavy atom. The summed E-state index contributed by atoms with van der Waals surface area (Å²) in [5.74, 6) is -0.264. The number of carbonyl (C=O) groups excluding carboxylic acids is 1. The number of hydrogen-bond donors (Lipinski definition) is 1. The number of fused-ring (bicyclic) bond motifs is 1. The number of amides is 1. The zero-order valence-electron chi connectivity index (χ0n) is 12.0. The lowest BCUT2D eigenvalue weighted by atomic mass is 9.92. The van der Waals surface area contributed by atoms with E-state index in [2.05, 4.69) is 0 Å². The van der Waals surface area contributed by atoms with E-state index in [4.69, 9.17) is 4.74 Å². The molecule has 1 aliphatic carbocycles. The molecule has 1 saturated carbocycles. The first-order chi connectivity index (χ1) is 9.58. The predicted molar refractivity (Wildman–Crippen MR) is 72.1 cm³/mol. The molecule has 0 unspecified atom stereocenters. The van der Waals surface area contributed by atoms with Crippen LogP contribution in [0.15, 0.2) is 0 Å². The third-order valence-corrected chi connectivity index (χ3v) is 5.26. The van der Waals surface area contributed by atoms with Crippen LogP contribution in [-0.4, -0.2) is 47.2 Å². The maximum Gasteiger partial charge on any atom is 0.326 e. The molecule has 2 saturated heterocycles. The van der Waals surface area contributed by atoms with Gasteiger partial charge in [-0.3, -0.25) is 4.79 Å². The molecule has 3 aliphatic rings. The number of carboxylic acids is 1. The van der Waals surface area contributed by atoms with E-state index in [0.29, 0.717) is 19.1 Å². The normalized spacial score (nSPS) is 40.6. The molecule has 0 spiro atoms. The van der Waals surface area contributed by atoms with Gasteiger partial charge in [-0.25, -0.2) is 4.79 Å². The summed E-state index contributed by atoms with van der Waals surface area (Å²) in [4.78, 5) is 26.0. The van der Waals surface area contributed by atoms with Gasteiger partial charge >= 0.3 is 5.97 Å². The van der Waals surface area contributed by atoms with Gasteiger partial charge in [-0.15, -0.1) is 0 Å². The molecule has 2 heterocycles. The summed E-state index contributed by atoms with van der Waals surface area (Å²) < 4.78 is 5.48. The average molecular weight is 281 g/mol. The molecule has 3 fully saturated rings. The first kappa shape index (κ1) is 13.9. The lowest BCUT2D eigenvalue weighted by Gasteiger charge is -2.32. The van der Waals surface area contributed by atoms with Crippen molar-refractivity contribution in [3.63, 3.8) is 0 Å². The summed E-state index contributed by atoms with van der Waals surface area (Å²) >= 11 is 0. The number of nitrogens with zero attached hydrogens (tertiary/aromatic N) is 1. The summed E-state index contributed by atoms with van der Waals surface area (Å²) in [7, 11) is 0. The first-order valence-electron chi connectivity index (χ1n) is 7.73. The number of ether oxygens (including phenoxy) is 1. The second-order valence-corrected chi connectivity index (χ2v) is 6.53. The highest BCUT2D eigenvalue weighted by Crippen LogP contribution is 2.43. The molecular weight excluding hydrogens is 258 g/mol. The van der Waals surface area contributed by atoms with Crippen molar-refractivity contribution in [3.8, 4) is 0 Å². The van der Waals surface area contributed by atoms with E-state index in [1.165, 1.54) is 0 Å². The van der Waals surface area contributed by atoms with Crippen LogP contribution in [0.1, 0.15) is 39.0 Å². The van der Waals surface area contributed by atoms with Gasteiger partial charge < -0.3 is 14.7 Å². The number of rotatable bonds is 2. The van der Waals surface area contributed by atoms with Crippen LogP contribution in [0.25, 0.3) is 0 Å². The van der Waals surface area contributed by atoms with Gasteiger partial charge in [0.1, 0.15) is 6.04 Å². The van der Waals surface area contributed by atoms with Crippen LogP contribution in [0.5, 0.6) is 0 Å². The predicted octanol–water partition coefficient (Wildman–Crippen LogP) is 1.51. The van der Waals surface area contributed by atoms with Crippen LogP contribution in [-0.2, 0) is 14.3 Å². The molecule has 3 rings (SSSR count). The Kier molecular flexibility index (Phi) is 3.71. The lowest BCUT2D eigenvalue weighted by molar-refractivity contribution is -0.153. The van der Waals surface area contributed by atoms with Crippen LogP contribution in [0.3, 0.4) is 0 Å². The van der Waals surface area contributed by atoms with Gasteiger partial charge in [-0.05, 0) is 44.4 Å². The molecule has 0 radical (unpaired) electrons. The molecule has 5 atom stereocenters. The largest absolute Gasteiger partial charge is 0.480 e. The summed E-state index contributed by atoms with van der Waals surface area (Å²) in [5.41, 5.74) is 0. The monoisotopic (exact) mass is 281 g/mol. The highest BCUT2D eigenvalue weighted by molar-refractivity contribution is 5.86. The lowest BCUT2D eigenvalue weighted by Crippen LogP contribution is -2.47. The van der Waals surface area contributed by atoms with Crippen molar-refractivity contribution in [3.05, 3.63) is 0 Å². The van der Waals surface area contributed by atoms with Crippen molar-refractivity contribution in [2.24, 2.45) is 17.8 Å². The van der Waals surface area contributed by atoms with Crippen molar-refractivity contribution >= 4 is 11.9 Å². The third kappa shape index (κ3) is 2.32. The maximum absolute atomic E-state index is 12.7. The molecule has 0 aromatic heterocycles. The second-order valence-electron chi connectivity index (χ2n) is 6.53. The fourth-order valence-electron chi connectivity index (χ4n) is 4.31. The molecular formula is C15H23NO4. The van der Waals surface area contributed by atoms with E-state index in [0.717, 1.165) is 32.1 Å². The van der Waals surface area contributed by atoms with Crippen LogP contribution in [0, 0.1) is 17.8 Å². The topological polar surface area (TPSA) is 66.8 Å². The van der Waals surface area contributed by atoms with Crippen molar-refractivity contribution in [1.82, 2.24) is 4.90 Å². The molecule has 112 valence electrons. The summed E-state index contributed by atoms with van der Waals surface area (Å²) in [6, 6.07) is -0.590. The molecule has 1 N–H and O–H groups in total. The molecule has 0 aromatic carbocycles. The molecule has 2 aliphatic heterocycles. The zero-order chi connectivity index (χ0) is 14.3. The minimum Gasteiger partial charge on any atom is -0.480 e. The first-order valence-corrected chi connectivity index (χ1v) is 7.73. The fraction of sp³-hybridized carbons (Fsp3) is 0.867. The smallest absolute Gasteiger partial charge is 0.326 e. The van der Waals surface area contributed by atoms with Gasteiger partial charge in [0.15, 0.2) is 0 Å². The van der Waals surface area contributed by atoms with E-state index >= 15 is 0 Å². The molecule has 5 heteroatoms. The number of hydrogen-bond acceptors (Lipinski definition) is 3. The Bertz CT molecular complexity index is 411. The van der Waals surface area contributed by atoms with E-state index < -0.39 is 12.0 Å². The van der Waals surface area contributed by atoms with Gasteiger partial charge in [-0.2, -0.15) is 0 Å². The second kappa shape index (κ2) is 5.35. The Hall–Kier alpha value is -1.10. The summed E-state index contributed by atoms with van der Waals surface area (Å²) in [6.45, 7) is 3.23. The van der Waals surface area contributed by atoms with E-state index in [9.17, 15) is 14.7 Å². The Labute approximate surface area is 119 Å². The SMILES string of the molecule is C[C@@H]1C[C@H](C(=O)N2C[C@@H]3CCC[C@@H]3[C@@H]2C(=O)O)CCO1. The molecule has 20 heavy (non-hydrogen) atoms. The maximum atomic E-state index is 12.7. The molecule has 5 nitrogen and oxygen atoms in total. The number of carbonyl (C=O) groups is 2. The van der Waals surface area contributed by atoms with Gasteiger partial charge in [0.2, 0.25) is 5.91 Å². The van der Waals surface area contributed by atoms with Gasteiger partial charge in [0, 0.05) is 19.1 Å². The Morgan fingerprint density at radius 1 is 1.25 bits per heavy atom. The minimum absolute atomic E-state index is 0.0435. The Balaban J connectivity index is 1.74. The van der Waals surface area contributed by atoms with Crippen LogP contribution >= 0.6 is 0 Å². The highest BCUT2D eigenvalue weighted by Gasteiger charge is 2.50. The Morgan fingerprint density at radius 2 is 2.05 bits per heavy atom. The highest BCUT2D eigenvalue weighted by atomic mass is 16.5. The number of aliphatic carboxylic acids is 1. The van der Waals surface area contributed by atoms with Gasteiger partial charge in [0.25, 0.3) is 0 Å². The van der Waals surface area contributed by atoms with Crippen molar-refractivity contribution in [2.45, 2.75) is 51.2 Å². The molecule has 0 aromatic rings. The van der Waals surface area contributed by atoms with E-state index in [1.807, 2.05) is 6.92 Å². The number of carboxylic acid groups (broad SMARTS) is 1. The summed E-state index contributed by atoms with van der Waals surface area (Å²) in [5, 5.41) is 9.51. The van der Waals surface area contributed by atoms with Crippen LogP contribution in [0.4, 0.5) is 0 Å². The van der Waals surface area contributed by atoms with Crippen molar-refractivity contribution in [2.75, 3.05) is 13.2 Å². The van der Waals surface area contributed by atoms with Crippen molar-refractivity contribution in [1.29, 1.82) is 0 Å². The van der Waals surface area contributed by atoms with E-state index in [1.54, 1.807) is 4.90 Å². The van der Waals surface area contributed by atoms with Crippen LogP contribution < -0.4 is 0 Å².